The van der Waals surface area contributed by atoms with E-state index in [-0.39, 0.29) is 17.7 Å². The van der Waals surface area contributed by atoms with Crippen molar-refractivity contribution >= 4 is 35.2 Å². The minimum absolute atomic E-state index is 0.0298. The van der Waals surface area contributed by atoms with Crippen LogP contribution in [0.25, 0.3) is 17.1 Å². The summed E-state index contributed by atoms with van der Waals surface area (Å²) in [6.07, 6.45) is 1.50. The predicted octanol–water partition coefficient (Wildman–Crippen LogP) is 4.10. The second-order valence-corrected chi connectivity index (χ2v) is 10.0. The highest BCUT2D eigenvalue weighted by Crippen LogP contribution is 2.32. The van der Waals surface area contributed by atoms with E-state index in [0.29, 0.717) is 29.1 Å². The number of thioether (sulfide) groups is 1. The Morgan fingerprint density at radius 3 is 2.64 bits per heavy atom. The van der Waals surface area contributed by atoms with Crippen molar-refractivity contribution in [1.82, 2.24) is 19.7 Å². The zero-order chi connectivity index (χ0) is 23.5. The smallest absolute Gasteiger partial charge is 0.235 e. The van der Waals surface area contributed by atoms with Crippen molar-refractivity contribution in [3.05, 3.63) is 59.1 Å². The molecule has 0 saturated carbocycles. The van der Waals surface area contributed by atoms with E-state index in [1.54, 1.807) is 4.90 Å². The molecule has 2 unspecified atom stereocenters. The lowest BCUT2D eigenvalue weighted by atomic mass is 9.97. The molecule has 1 aliphatic heterocycles. The Morgan fingerprint density at radius 1 is 1.18 bits per heavy atom. The van der Waals surface area contributed by atoms with Crippen LogP contribution in [0.1, 0.15) is 25.3 Å². The van der Waals surface area contributed by atoms with Gasteiger partial charge in [0.1, 0.15) is 0 Å². The van der Waals surface area contributed by atoms with Gasteiger partial charge in [0.15, 0.2) is 11.0 Å². The third-order valence-electron chi connectivity index (χ3n) is 5.76. The minimum Gasteiger partial charge on any atom is -0.369 e. The molecule has 2 aromatic carbocycles. The molecule has 2 atom stereocenters. The maximum absolute atomic E-state index is 13.2. The summed E-state index contributed by atoms with van der Waals surface area (Å²) in [7, 11) is 0. The summed E-state index contributed by atoms with van der Waals surface area (Å²) in [5.41, 5.74) is 8.38. The molecule has 3 aromatic rings. The number of carbonyl (C=O) groups is 2. The fourth-order valence-corrected chi connectivity index (χ4v) is 5.08. The van der Waals surface area contributed by atoms with Gasteiger partial charge in [0.2, 0.25) is 11.8 Å². The Morgan fingerprint density at radius 2 is 1.94 bits per heavy atom. The summed E-state index contributed by atoms with van der Waals surface area (Å²) in [5.74, 6) is 0.0101. The van der Waals surface area contributed by atoms with E-state index in [4.69, 9.17) is 17.3 Å². The van der Waals surface area contributed by atoms with Crippen molar-refractivity contribution in [1.29, 1.82) is 0 Å². The van der Waals surface area contributed by atoms with Crippen molar-refractivity contribution in [2.24, 2.45) is 11.7 Å². The highest BCUT2D eigenvalue weighted by atomic mass is 35.5. The first kappa shape index (κ1) is 23.3. The van der Waals surface area contributed by atoms with E-state index in [2.05, 4.69) is 16.3 Å². The van der Waals surface area contributed by atoms with Gasteiger partial charge in [0.25, 0.3) is 0 Å². The molecule has 172 valence electrons. The first-order valence-electron chi connectivity index (χ1n) is 10.9. The molecule has 0 bridgehead atoms. The van der Waals surface area contributed by atoms with Gasteiger partial charge < -0.3 is 10.6 Å². The van der Waals surface area contributed by atoms with Crippen LogP contribution < -0.4 is 5.73 Å². The lowest BCUT2D eigenvalue weighted by Crippen LogP contribution is -2.46. The van der Waals surface area contributed by atoms with E-state index < -0.39 is 5.25 Å². The molecule has 2 amide bonds. The molecule has 9 heteroatoms. The zero-order valence-electron chi connectivity index (χ0n) is 18.6. The normalized spacial score (nSPS) is 17.1. The molecule has 1 saturated heterocycles. The minimum atomic E-state index is -0.401. The molecule has 33 heavy (non-hydrogen) atoms. The molecular formula is C24H26ClN5O2S. The van der Waals surface area contributed by atoms with Gasteiger partial charge >= 0.3 is 0 Å². The fraction of sp³-hybridized carbons (Fsp3) is 0.333. The van der Waals surface area contributed by atoms with Crippen LogP contribution in [0.15, 0.2) is 53.7 Å². The van der Waals surface area contributed by atoms with E-state index in [9.17, 15) is 9.59 Å². The Bertz CT molecular complexity index is 1160. The number of rotatable bonds is 6. The Balaban J connectivity index is 1.64. The van der Waals surface area contributed by atoms with Crippen LogP contribution in [-0.2, 0) is 9.59 Å². The van der Waals surface area contributed by atoms with Crippen LogP contribution in [0.5, 0.6) is 0 Å². The zero-order valence-corrected chi connectivity index (χ0v) is 20.1. The number of nitrogens with two attached hydrogens (primary N) is 1. The summed E-state index contributed by atoms with van der Waals surface area (Å²) < 4.78 is 1.97. The van der Waals surface area contributed by atoms with E-state index in [0.717, 1.165) is 29.7 Å². The molecule has 2 N–H and O–H groups in total. The first-order chi connectivity index (χ1) is 15.8. The largest absolute Gasteiger partial charge is 0.369 e. The van der Waals surface area contributed by atoms with Crippen molar-refractivity contribution in [2.75, 3.05) is 13.1 Å². The Kier molecular flexibility index (Phi) is 7.05. The topological polar surface area (TPSA) is 94.1 Å². The number of amides is 2. The highest BCUT2D eigenvalue weighted by molar-refractivity contribution is 8.00. The summed E-state index contributed by atoms with van der Waals surface area (Å²) in [6, 6.07) is 15.5. The van der Waals surface area contributed by atoms with Crippen LogP contribution in [0.4, 0.5) is 0 Å². The second-order valence-electron chi connectivity index (χ2n) is 8.27. The molecule has 1 aromatic heterocycles. The van der Waals surface area contributed by atoms with Gasteiger partial charge in [-0.2, -0.15) is 0 Å². The van der Waals surface area contributed by atoms with Crippen LogP contribution in [0, 0.1) is 12.8 Å². The summed E-state index contributed by atoms with van der Waals surface area (Å²) in [4.78, 5) is 26.5. The molecule has 1 fully saturated rings. The summed E-state index contributed by atoms with van der Waals surface area (Å²) in [5, 5.41) is 9.74. The average Bonchev–Trinajstić information content (AvgIpc) is 3.22. The third-order valence-corrected chi connectivity index (χ3v) is 7.04. The maximum atomic E-state index is 13.2. The van der Waals surface area contributed by atoms with Crippen LogP contribution in [0.2, 0.25) is 5.02 Å². The van der Waals surface area contributed by atoms with Crippen molar-refractivity contribution in [2.45, 2.75) is 37.1 Å². The maximum Gasteiger partial charge on any atom is 0.235 e. The summed E-state index contributed by atoms with van der Waals surface area (Å²) in [6.45, 7) is 4.90. The number of primary amides is 1. The monoisotopic (exact) mass is 483 g/mol. The first-order valence-corrected chi connectivity index (χ1v) is 12.1. The fourth-order valence-electron chi connectivity index (χ4n) is 4.01. The van der Waals surface area contributed by atoms with Crippen LogP contribution in [-0.4, -0.2) is 49.8 Å². The SMILES string of the molecule is Cc1cccc(-n2c(SC(C)C(=O)N3CCCC(C(N)=O)C3)nnc2-c2ccc(Cl)cc2)c1. The molecule has 0 spiro atoms. The number of benzene rings is 2. The highest BCUT2D eigenvalue weighted by Gasteiger charge is 2.31. The Hall–Kier alpha value is -2.84. The number of carbonyl (C=O) groups excluding carboxylic acids is 2. The molecule has 1 aliphatic rings. The molecular weight excluding hydrogens is 458 g/mol. The van der Waals surface area contributed by atoms with Crippen LogP contribution in [0.3, 0.4) is 0 Å². The van der Waals surface area contributed by atoms with Crippen molar-refractivity contribution in [3.63, 3.8) is 0 Å². The van der Waals surface area contributed by atoms with Gasteiger partial charge in [0.05, 0.1) is 11.2 Å². The third kappa shape index (κ3) is 5.23. The number of hydrogen-bond acceptors (Lipinski definition) is 5. The van der Waals surface area contributed by atoms with E-state index in [1.807, 2.05) is 60.9 Å². The molecule has 7 nitrogen and oxygen atoms in total. The van der Waals surface area contributed by atoms with Crippen molar-refractivity contribution in [3.8, 4) is 17.1 Å². The molecule has 2 heterocycles. The van der Waals surface area contributed by atoms with Gasteiger partial charge in [-0.25, -0.2) is 0 Å². The standard InChI is InChI=1S/C24H26ClN5O2S/c1-15-5-3-7-20(13-15)30-22(17-8-10-19(25)11-9-17)27-28-24(30)33-16(2)23(32)29-12-4-6-18(14-29)21(26)31/h3,5,7-11,13,16,18H,4,6,12,14H2,1-2H3,(H2,26,31). The van der Waals surface area contributed by atoms with Crippen LogP contribution >= 0.6 is 23.4 Å². The quantitative estimate of drug-likeness (QED) is 0.532. The van der Waals surface area contributed by atoms with E-state index >= 15 is 0 Å². The molecule has 0 aliphatic carbocycles. The number of halogens is 1. The van der Waals surface area contributed by atoms with Gasteiger partial charge in [-0.3, -0.25) is 14.2 Å². The molecule has 4 rings (SSSR count). The Labute approximate surface area is 202 Å². The van der Waals surface area contributed by atoms with Crippen molar-refractivity contribution < 1.29 is 9.59 Å². The van der Waals surface area contributed by atoms with Gasteiger partial charge in [-0.15, -0.1) is 10.2 Å². The summed E-state index contributed by atoms with van der Waals surface area (Å²) >= 11 is 7.43. The number of hydrogen-bond donors (Lipinski definition) is 1. The number of aromatic nitrogens is 3. The average molecular weight is 484 g/mol. The van der Waals surface area contributed by atoms with E-state index in [1.165, 1.54) is 11.8 Å². The van der Waals surface area contributed by atoms with Gasteiger partial charge in [-0.1, -0.05) is 35.5 Å². The second kappa shape index (κ2) is 9.97. The molecule has 0 radical (unpaired) electrons. The number of likely N-dealkylation sites (tertiary alicyclic amines) is 1. The number of aryl methyl sites for hydroxylation is 1. The van der Waals surface area contributed by atoms with Gasteiger partial charge in [0, 0.05) is 29.4 Å². The van der Waals surface area contributed by atoms with Gasteiger partial charge in [-0.05, 0) is 68.7 Å². The number of piperidine rings is 1. The lowest BCUT2D eigenvalue weighted by Gasteiger charge is -2.32. The predicted molar refractivity (Wildman–Crippen MR) is 130 cm³/mol. The lowest BCUT2D eigenvalue weighted by molar-refractivity contribution is -0.134. The number of nitrogens with zero attached hydrogens (tertiary/aromatic N) is 4.